The third-order valence-corrected chi connectivity index (χ3v) is 10.7. The second-order valence-electron chi connectivity index (χ2n) is 14.0. The van der Waals surface area contributed by atoms with E-state index in [0.29, 0.717) is 5.56 Å². The van der Waals surface area contributed by atoms with Crippen molar-refractivity contribution in [3.63, 3.8) is 0 Å². The SMILES string of the molecule is CO[C@H]1O[C@H](COC(=O)CCl)[C@@H](O[C@@H]2O[C@H](C)[C@H](N=[N+]=[N-])[C@H](OC(C)=O)[C@H]2N2C(=O)c3ccccc3C2=O)[C@@H](OCc2ccccc2)[C@@H]1N1C(=O)c2ccccc2C1=O. The van der Waals surface area contributed by atoms with Crippen LogP contribution in [0.1, 0.15) is 60.8 Å². The topological polar surface area (TPSA) is 222 Å². The Morgan fingerprint density at radius 1 is 0.780 bits per heavy atom. The van der Waals surface area contributed by atoms with Gasteiger partial charge in [0, 0.05) is 18.9 Å². The van der Waals surface area contributed by atoms with Crippen molar-refractivity contribution in [1.82, 2.24) is 9.80 Å². The van der Waals surface area contributed by atoms with Crippen LogP contribution in [0.2, 0.25) is 0 Å². The van der Waals surface area contributed by atoms with Crippen molar-refractivity contribution in [3.8, 4) is 0 Å². The molecule has 4 heterocycles. The third-order valence-electron chi connectivity index (χ3n) is 10.5. The number of methoxy groups -OCH3 is 1. The molecule has 10 atom stereocenters. The van der Waals surface area contributed by atoms with E-state index in [1.54, 1.807) is 54.6 Å². The van der Waals surface area contributed by atoms with Gasteiger partial charge >= 0.3 is 11.9 Å². The summed E-state index contributed by atoms with van der Waals surface area (Å²) in [6.45, 7) is 1.96. The second-order valence-corrected chi connectivity index (χ2v) is 14.2. The highest BCUT2D eigenvalue weighted by atomic mass is 35.5. The molecule has 4 aliphatic heterocycles. The van der Waals surface area contributed by atoms with E-state index in [-0.39, 0.29) is 28.9 Å². The first kappa shape index (κ1) is 41.4. The fourth-order valence-electron chi connectivity index (χ4n) is 7.87. The van der Waals surface area contributed by atoms with Crippen LogP contribution in [0.5, 0.6) is 0 Å². The highest BCUT2D eigenvalue weighted by Gasteiger charge is 2.60. The molecule has 0 spiro atoms. The maximum atomic E-state index is 14.1. The summed E-state index contributed by atoms with van der Waals surface area (Å²) in [5.74, 6) is -5.12. The van der Waals surface area contributed by atoms with Crippen LogP contribution in [0.3, 0.4) is 0 Å². The maximum absolute atomic E-state index is 14.1. The van der Waals surface area contributed by atoms with Gasteiger partial charge in [0.25, 0.3) is 23.6 Å². The molecule has 0 aromatic heterocycles. The second kappa shape index (κ2) is 17.6. The number of rotatable bonds is 13. The molecule has 308 valence electrons. The van der Waals surface area contributed by atoms with Crippen molar-refractivity contribution in [2.24, 2.45) is 5.11 Å². The number of nitrogens with zero attached hydrogens (tertiary/aromatic N) is 5. The molecular weight excluding hydrogens is 794 g/mol. The number of esters is 2. The molecule has 3 aromatic carbocycles. The molecule has 2 saturated heterocycles. The zero-order valence-electron chi connectivity index (χ0n) is 31.8. The number of amides is 4. The summed E-state index contributed by atoms with van der Waals surface area (Å²) in [5, 5.41) is 3.83. The Morgan fingerprint density at radius 2 is 1.31 bits per heavy atom. The molecule has 0 saturated carbocycles. The molecule has 0 aliphatic carbocycles. The number of benzene rings is 3. The van der Waals surface area contributed by atoms with E-state index in [0.717, 1.165) is 16.7 Å². The molecule has 19 heteroatoms. The van der Waals surface area contributed by atoms with E-state index in [1.807, 2.05) is 0 Å². The Hall–Kier alpha value is -5.72. The third kappa shape index (κ3) is 7.91. The fourth-order valence-corrected chi connectivity index (χ4v) is 7.94. The lowest BCUT2D eigenvalue weighted by molar-refractivity contribution is -0.333. The van der Waals surface area contributed by atoms with Gasteiger partial charge in [0.05, 0.1) is 35.0 Å². The number of azide groups is 1. The quantitative estimate of drug-likeness (QED) is 0.0598. The summed E-state index contributed by atoms with van der Waals surface area (Å²) in [5.41, 5.74) is 10.6. The molecule has 0 unspecified atom stereocenters. The predicted octanol–water partition coefficient (Wildman–Crippen LogP) is 3.80. The molecule has 59 heavy (non-hydrogen) atoms. The molecular formula is C40H38ClN5O13. The summed E-state index contributed by atoms with van der Waals surface area (Å²) in [7, 11) is 1.29. The number of fused-ring (bicyclic) bond motifs is 2. The van der Waals surface area contributed by atoms with Crippen molar-refractivity contribution < 1.29 is 61.9 Å². The lowest BCUT2D eigenvalue weighted by atomic mass is 9.92. The van der Waals surface area contributed by atoms with Crippen molar-refractivity contribution in [3.05, 3.63) is 117 Å². The van der Waals surface area contributed by atoms with Gasteiger partial charge in [-0.3, -0.25) is 38.6 Å². The van der Waals surface area contributed by atoms with Gasteiger partial charge in [-0.05, 0) is 42.3 Å². The average molecular weight is 832 g/mol. The van der Waals surface area contributed by atoms with Crippen LogP contribution in [-0.2, 0) is 49.4 Å². The van der Waals surface area contributed by atoms with E-state index in [2.05, 4.69) is 10.0 Å². The van der Waals surface area contributed by atoms with Crippen molar-refractivity contribution in [2.75, 3.05) is 19.6 Å². The average Bonchev–Trinajstić information content (AvgIpc) is 3.64. The van der Waals surface area contributed by atoms with Crippen molar-refractivity contribution in [2.45, 2.75) is 81.7 Å². The largest absolute Gasteiger partial charge is 0.462 e. The number of carbonyl (C=O) groups is 6. The normalized spacial score (nSPS) is 28.8. The monoisotopic (exact) mass is 831 g/mol. The van der Waals surface area contributed by atoms with Gasteiger partial charge in [-0.15, -0.1) is 11.6 Å². The van der Waals surface area contributed by atoms with Gasteiger partial charge < -0.3 is 33.2 Å². The van der Waals surface area contributed by atoms with E-state index >= 15 is 0 Å². The highest BCUT2D eigenvalue weighted by molar-refractivity contribution is 6.26. The van der Waals surface area contributed by atoms with Crippen LogP contribution in [0.4, 0.5) is 0 Å². The van der Waals surface area contributed by atoms with E-state index in [9.17, 15) is 34.3 Å². The number of hydrogen-bond donors (Lipinski definition) is 0. The minimum Gasteiger partial charge on any atom is -0.462 e. The first-order valence-corrected chi connectivity index (χ1v) is 19.0. The van der Waals surface area contributed by atoms with Crippen molar-refractivity contribution >= 4 is 47.2 Å². The van der Waals surface area contributed by atoms with Crippen LogP contribution in [0, 0.1) is 0 Å². The first-order chi connectivity index (χ1) is 28.5. The van der Waals surface area contributed by atoms with Crippen molar-refractivity contribution in [1.29, 1.82) is 0 Å². The van der Waals surface area contributed by atoms with Gasteiger partial charge in [-0.1, -0.05) is 59.7 Å². The first-order valence-electron chi connectivity index (χ1n) is 18.5. The van der Waals surface area contributed by atoms with Crippen LogP contribution >= 0.6 is 11.6 Å². The summed E-state index contributed by atoms with van der Waals surface area (Å²) < 4.78 is 43.1. The maximum Gasteiger partial charge on any atom is 0.320 e. The zero-order chi connectivity index (χ0) is 42.0. The molecule has 0 bridgehead atoms. The van der Waals surface area contributed by atoms with Gasteiger partial charge in [0.2, 0.25) is 0 Å². The Bertz CT molecular complexity index is 2120. The van der Waals surface area contributed by atoms with E-state index in [4.69, 9.17) is 44.8 Å². The molecule has 0 N–H and O–H groups in total. The van der Waals surface area contributed by atoms with Gasteiger partial charge in [0.15, 0.2) is 12.6 Å². The summed E-state index contributed by atoms with van der Waals surface area (Å²) >= 11 is 5.78. The number of imide groups is 2. The molecule has 7 rings (SSSR count). The van der Waals surface area contributed by atoms with Crippen LogP contribution in [0.15, 0.2) is 84.0 Å². The smallest absolute Gasteiger partial charge is 0.320 e. The Balaban J connectivity index is 1.37. The number of hydrogen-bond acceptors (Lipinski definition) is 14. The fraction of sp³-hybridized carbons (Fsp3) is 0.400. The Labute approximate surface area is 341 Å². The molecule has 3 aromatic rings. The molecule has 18 nitrogen and oxygen atoms in total. The van der Waals surface area contributed by atoms with Crippen LogP contribution in [-0.4, -0.2) is 126 Å². The van der Waals surface area contributed by atoms with Gasteiger partial charge in [-0.25, -0.2) is 0 Å². The standard InChI is InChI=1S/C40H38ClN5O13/c1-20-29(43-44-42)33(57-21(2)47)30(45-35(49)23-13-7-8-14-24(23)36(45)50)40(56-20)59-32-27(19-54-28(48)17-41)58-39(53-3)31(34(32)55-18-22-11-5-4-6-12-22)46-37(51)25-15-9-10-16-26(25)38(46)52/h4-16,20,27,29-34,39-40H,17-19H2,1-3H3/t20-,27-,29+,30-,31+,32-,33+,34+,39+,40+/m1/s1. The minimum absolute atomic E-state index is 0.0429. The molecule has 0 radical (unpaired) electrons. The van der Waals surface area contributed by atoms with Gasteiger partial charge in [0.1, 0.15) is 55.0 Å². The van der Waals surface area contributed by atoms with E-state index < -0.39 is 109 Å². The highest BCUT2D eigenvalue weighted by Crippen LogP contribution is 2.40. The molecule has 4 amide bonds. The molecule has 2 fully saturated rings. The summed E-state index contributed by atoms with van der Waals surface area (Å²) in [6.07, 6.45) is -9.94. The Morgan fingerprint density at radius 3 is 1.80 bits per heavy atom. The number of carbonyl (C=O) groups excluding carboxylic acids is 6. The number of alkyl halides is 1. The lowest BCUT2D eigenvalue weighted by Gasteiger charge is -2.51. The summed E-state index contributed by atoms with van der Waals surface area (Å²) in [4.78, 5) is 86.4. The molecule has 4 aliphatic rings. The zero-order valence-corrected chi connectivity index (χ0v) is 32.6. The Kier molecular flexibility index (Phi) is 12.4. The summed E-state index contributed by atoms with van der Waals surface area (Å²) in [6, 6.07) is 16.9. The predicted molar refractivity (Wildman–Crippen MR) is 202 cm³/mol. The van der Waals surface area contributed by atoms with E-state index in [1.165, 1.54) is 38.3 Å². The van der Waals surface area contributed by atoms with Crippen LogP contribution in [0.25, 0.3) is 10.4 Å². The minimum atomic E-state index is -1.72. The number of halogens is 1. The van der Waals surface area contributed by atoms with Gasteiger partial charge in [-0.2, -0.15) is 0 Å². The van der Waals surface area contributed by atoms with Crippen LogP contribution < -0.4 is 0 Å². The number of ether oxygens (including phenoxy) is 7. The lowest BCUT2D eigenvalue weighted by Crippen LogP contribution is -2.70.